The molecule has 1 nitrogen and oxygen atoms in total. The number of aryl methyl sites for hydroxylation is 1. The Morgan fingerprint density at radius 2 is 2.36 bits per heavy atom. The molecule has 0 fully saturated rings. The largest absolute Gasteiger partial charge is 0.316 e. The second kappa shape index (κ2) is 4.09. The van der Waals surface area contributed by atoms with Crippen molar-refractivity contribution in [2.75, 3.05) is 13.1 Å². The van der Waals surface area contributed by atoms with Crippen molar-refractivity contribution in [2.45, 2.75) is 25.7 Å². The van der Waals surface area contributed by atoms with Gasteiger partial charge in [0, 0.05) is 6.54 Å². The number of fused-ring (bicyclic) bond motifs is 1. The molecule has 2 heteroatoms. The Morgan fingerprint density at radius 3 is 3.14 bits per heavy atom. The third-order valence-corrected chi connectivity index (χ3v) is 2.95. The molecular weight excluding hydrogens is 177 g/mol. The Morgan fingerprint density at radius 1 is 1.50 bits per heavy atom. The molecule has 0 aromatic heterocycles. The highest BCUT2D eigenvalue weighted by Crippen LogP contribution is 2.32. The van der Waals surface area contributed by atoms with E-state index >= 15 is 0 Å². The van der Waals surface area contributed by atoms with Crippen LogP contribution in [0, 0.1) is 5.82 Å². The molecule has 0 spiro atoms. The smallest absolute Gasteiger partial charge is 0.123 e. The number of benzene rings is 1. The first-order chi connectivity index (χ1) is 6.81. The molecule has 1 N–H and O–H groups in total. The average Bonchev–Trinajstić information content (AvgIpc) is 2.57. The van der Waals surface area contributed by atoms with E-state index in [2.05, 4.69) is 12.2 Å². The summed E-state index contributed by atoms with van der Waals surface area (Å²) in [5.41, 5.74) is 2.54. The fourth-order valence-corrected chi connectivity index (χ4v) is 2.20. The summed E-state index contributed by atoms with van der Waals surface area (Å²) < 4.78 is 12.9. The first-order valence-corrected chi connectivity index (χ1v) is 5.30. The summed E-state index contributed by atoms with van der Waals surface area (Å²) >= 11 is 0. The second-order valence-corrected chi connectivity index (χ2v) is 3.89. The number of nitrogens with one attached hydrogen (secondary N) is 1. The van der Waals surface area contributed by atoms with Gasteiger partial charge in [-0.25, -0.2) is 4.39 Å². The summed E-state index contributed by atoms with van der Waals surface area (Å²) in [5, 5.41) is 3.35. The monoisotopic (exact) mass is 193 g/mol. The molecule has 1 aromatic carbocycles. The zero-order chi connectivity index (χ0) is 9.97. The summed E-state index contributed by atoms with van der Waals surface area (Å²) in [4.78, 5) is 0. The third-order valence-electron chi connectivity index (χ3n) is 2.95. The molecule has 0 saturated heterocycles. The molecule has 14 heavy (non-hydrogen) atoms. The van der Waals surface area contributed by atoms with E-state index in [1.165, 1.54) is 11.1 Å². The first kappa shape index (κ1) is 9.66. The van der Waals surface area contributed by atoms with Gasteiger partial charge in [0.05, 0.1) is 0 Å². The van der Waals surface area contributed by atoms with Crippen LogP contribution in [0.3, 0.4) is 0 Å². The maximum absolute atomic E-state index is 12.9. The van der Waals surface area contributed by atoms with E-state index in [1.807, 2.05) is 6.07 Å². The van der Waals surface area contributed by atoms with Crippen LogP contribution >= 0.6 is 0 Å². The van der Waals surface area contributed by atoms with Gasteiger partial charge in [-0.1, -0.05) is 13.0 Å². The second-order valence-electron chi connectivity index (χ2n) is 3.89. The summed E-state index contributed by atoms with van der Waals surface area (Å²) in [7, 11) is 0. The van der Waals surface area contributed by atoms with E-state index in [0.717, 1.165) is 25.9 Å². The van der Waals surface area contributed by atoms with Gasteiger partial charge in [-0.2, -0.15) is 0 Å². The zero-order valence-corrected chi connectivity index (χ0v) is 8.52. The van der Waals surface area contributed by atoms with Gasteiger partial charge in [0.25, 0.3) is 0 Å². The molecule has 0 saturated carbocycles. The molecule has 0 bridgehead atoms. The summed E-state index contributed by atoms with van der Waals surface area (Å²) in [6.45, 7) is 4.14. The highest BCUT2D eigenvalue weighted by atomic mass is 19.1. The minimum absolute atomic E-state index is 0.104. The highest BCUT2D eigenvalue weighted by molar-refractivity contribution is 5.35. The Bertz CT molecular complexity index is 322. The Labute approximate surface area is 84.3 Å². The van der Waals surface area contributed by atoms with E-state index in [9.17, 15) is 4.39 Å². The molecule has 0 amide bonds. The zero-order valence-electron chi connectivity index (χ0n) is 8.52. The van der Waals surface area contributed by atoms with Gasteiger partial charge in [0.15, 0.2) is 0 Å². The lowest BCUT2D eigenvalue weighted by molar-refractivity contribution is 0.593. The van der Waals surface area contributed by atoms with Crippen molar-refractivity contribution in [3.05, 3.63) is 35.1 Å². The van der Waals surface area contributed by atoms with E-state index < -0.39 is 0 Å². The van der Waals surface area contributed by atoms with E-state index in [1.54, 1.807) is 12.1 Å². The van der Waals surface area contributed by atoms with Crippen LogP contribution in [0.1, 0.15) is 30.4 Å². The maximum Gasteiger partial charge on any atom is 0.123 e. The van der Waals surface area contributed by atoms with Crippen molar-refractivity contribution in [2.24, 2.45) is 0 Å². The van der Waals surface area contributed by atoms with Gasteiger partial charge in [-0.3, -0.25) is 0 Å². The molecule has 1 aromatic rings. The quantitative estimate of drug-likeness (QED) is 0.777. The van der Waals surface area contributed by atoms with Gasteiger partial charge in [0.1, 0.15) is 5.82 Å². The first-order valence-electron chi connectivity index (χ1n) is 5.30. The standard InChI is InChI=1S/C12H16FN/c1-2-14-8-10-4-3-9-7-11(13)5-6-12(9)10/h5-7,10,14H,2-4,8H2,1H3. The predicted molar refractivity (Wildman–Crippen MR) is 56.0 cm³/mol. The van der Waals surface area contributed by atoms with Crippen LogP contribution in [0.4, 0.5) is 4.39 Å². The van der Waals surface area contributed by atoms with Crippen molar-refractivity contribution in [1.82, 2.24) is 5.32 Å². The molecule has 1 atom stereocenters. The highest BCUT2D eigenvalue weighted by Gasteiger charge is 2.21. The fraction of sp³-hybridized carbons (Fsp3) is 0.500. The lowest BCUT2D eigenvalue weighted by atomic mass is 10.0. The molecule has 0 radical (unpaired) electrons. The molecule has 0 heterocycles. The van der Waals surface area contributed by atoms with Crippen LogP contribution in [0.2, 0.25) is 0 Å². The van der Waals surface area contributed by atoms with Crippen molar-refractivity contribution in [1.29, 1.82) is 0 Å². The predicted octanol–water partition coefficient (Wildman–Crippen LogP) is 2.47. The minimum Gasteiger partial charge on any atom is -0.316 e. The summed E-state index contributed by atoms with van der Waals surface area (Å²) in [6.07, 6.45) is 2.19. The fourth-order valence-electron chi connectivity index (χ4n) is 2.20. The molecule has 1 aliphatic rings. The van der Waals surface area contributed by atoms with Gasteiger partial charge < -0.3 is 5.32 Å². The SMILES string of the molecule is CCNCC1CCc2cc(F)ccc21. The molecule has 76 valence electrons. The molecule has 1 aliphatic carbocycles. The molecule has 1 unspecified atom stereocenters. The van der Waals surface area contributed by atoms with Gasteiger partial charge in [-0.15, -0.1) is 0 Å². The number of hydrogen-bond donors (Lipinski definition) is 1. The molecular formula is C12H16FN. The Kier molecular flexibility index (Phi) is 2.82. The lowest BCUT2D eigenvalue weighted by Crippen LogP contribution is -2.19. The van der Waals surface area contributed by atoms with Gasteiger partial charge in [0.2, 0.25) is 0 Å². The van der Waals surface area contributed by atoms with Crippen LogP contribution in [-0.2, 0) is 6.42 Å². The molecule has 0 aliphatic heterocycles. The van der Waals surface area contributed by atoms with Gasteiger partial charge in [-0.05, 0) is 48.6 Å². The van der Waals surface area contributed by atoms with Crippen LogP contribution in [-0.4, -0.2) is 13.1 Å². The van der Waals surface area contributed by atoms with Crippen molar-refractivity contribution < 1.29 is 4.39 Å². The van der Waals surface area contributed by atoms with Crippen LogP contribution in [0.25, 0.3) is 0 Å². The number of hydrogen-bond acceptors (Lipinski definition) is 1. The van der Waals surface area contributed by atoms with E-state index in [0.29, 0.717) is 5.92 Å². The third kappa shape index (κ3) is 1.80. The Hall–Kier alpha value is -0.890. The normalized spacial score (nSPS) is 19.7. The average molecular weight is 193 g/mol. The number of rotatable bonds is 3. The number of likely N-dealkylation sites (N-methyl/N-ethyl adjacent to an activating group) is 1. The number of halogens is 1. The van der Waals surface area contributed by atoms with Crippen LogP contribution in [0.5, 0.6) is 0 Å². The van der Waals surface area contributed by atoms with Crippen LogP contribution in [0.15, 0.2) is 18.2 Å². The van der Waals surface area contributed by atoms with E-state index in [4.69, 9.17) is 0 Å². The van der Waals surface area contributed by atoms with Gasteiger partial charge >= 0.3 is 0 Å². The summed E-state index contributed by atoms with van der Waals surface area (Å²) in [6, 6.07) is 5.20. The van der Waals surface area contributed by atoms with Crippen molar-refractivity contribution in [3.8, 4) is 0 Å². The molecule has 2 rings (SSSR count). The Balaban J connectivity index is 2.14. The summed E-state index contributed by atoms with van der Waals surface area (Å²) in [5.74, 6) is 0.485. The maximum atomic E-state index is 12.9. The topological polar surface area (TPSA) is 12.0 Å². The van der Waals surface area contributed by atoms with Crippen LogP contribution < -0.4 is 5.32 Å². The van der Waals surface area contributed by atoms with Crippen molar-refractivity contribution in [3.63, 3.8) is 0 Å². The van der Waals surface area contributed by atoms with E-state index in [-0.39, 0.29) is 5.82 Å². The van der Waals surface area contributed by atoms with Crippen molar-refractivity contribution >= 4 is 0 Å². The lowest BCUT2D eigenvalue weighted by Gasteiger charge is -2.11. The minimum atomic E-state index is -0.104.